The van der Waals surface area contributed by atoms with Crippen LogP contribution in [0.15, 0.2) is 11.6 Å². The molecule has 0 spiro atoms. The zero-order chi connectivity index (χ0) is 10.7. The molecule has 1 unspecified atom stereocenters. The molecule has 4 nitrogen and oxygen atoms in total. The molecule has 0 saturated carbocycles. The number of thiazole rings is 1. The number of carbonyl (C=O) groups excluding carboxylic acids is 1. The van der Waals surface area contributed by atoms with E-state index in [2.05, 4.69) is 17.2 Å². The number of hydrogen-bond acceptors (Lipinski definition) is 3. The Hall–Kier alpha value is -1.10. The first-order valence-electron chi connectivity index (χ1n) is 5.24. The van der Waals surface area contributed by atoms with Gasteiger partial charge in [-0.3, -0.25) is 5.32 Å². The van der Waals surface area contributed by atoms with Crippen molar-refractivity contribution in [2.75, 3.05) is 11.9 Å². The van der Waals surface area contributed by atoms with Gasteiger partial charge in [-0.15, -0.1) is 11.3 Å². The van der Waals surface area contributed by atoms with Crippen molar-refractivity contribution >= 4 is 22.5 Å². The summed E-state index contributed by atoms with van der Waals surface area (Å²) in [4.78, 5) is 17.8. The summed E-state index contributed by atoms with van der Waals surface area (Å²) in [5, 5.41) is 5.35. The van der Waals surface area contributed by atoms with Crippen LogP contribution in [0.5, 0.6) is 0 Å². The summed E-state index contributed by atoms with van der Waals surface area (Å²) in [6.45, 7) is 2.96. The molecule has 5 heteroatoms. The smallest absolute Gasteiger partial charge is 0.322 e. The molecule has 1 N–H and O–H groups in total. The zero-order valence-corrected chi connectivity index (χ0v) is 9.59. The second-order valence-corrected chi connectivity index (χ2v) is 4.70. The third kappa shape index (κ3) is 2.47. The van der Waals surface area contributed by atoms with Crippen molar-refractivity contribution in [2.24, 2.45) is 0 Å². The van der Waals surface area contributed by atoms with Gasteiger partial charge in [0.15, 0.2) is 5.13 Å². The normalized spacial score (nSPS) is 21.4. The highest BCUT2D eigenvalue weighted by Crippen LogP contribution is 2.18. The lowest BCUT2D eigenvalue weighted by atomic mass is 10.0. The summed E-state index contributed by atoms with van der Waals surface area (Å²) in [7, 11) is 0. The first-order valence-corrected chi connectivity index (χ1v) is 6.12. The highest BCUT2D eigenvalue weighted by molar-refractivity contribution is 7.13. The summed E-state index contributed by atoms with van der Waals surface area (Å²) < 4.78 is 0. The molecule has 1 aliphatic rings. The van der Waals surface area contributed by atoms with E-state index in [1.165, 1.54) is 17.8 Å². The van der Waals surface area contributed by atoms with Crippen molar-refractivity contribution < 1.29 is 4.79 Å². The van der Waals surface area contributed by atoms with E-state index in [1.54, 1.807) is 6.20 Å². The lowest BCUT2D eigenvalue weighted by Gasteiger charge is -2.32. The maximum atomic E-state index is 11.9. The lowest BCUT2D eigenvalue weighted by Crippen LogP contribution is -2.44. The van der Waals surface area contributed by atoms with Crippen molar-refractivity contribution in [3.63, 3.8) is 0 Å². The molecule has 1 aliphatic heterocycles. The van der Waals surface area contributed by atoms with E-state index in [9.17, 15) is 4.79 Å². The SMILES string of the molecule is CC1CCCCN1C(=O)Nc1nccs1. The van der Waals surface area contributed by atoms with Crippen molar-refractivity contribution in [1.82, 2.24) is 9.88 Å². The van der Waals surface area contributed by atoms with Gasteiger partial charge < -0.3 is 4.90 Å². The number of nitrogens with one attached hydrogen (secondary N) is 1. The molecular weight excluding hydrogens is 210 g/mol. The van der Waals surface area contributed by atoms with Gasteiger partial charge in [0.05, 0.1) is 0 Å². The van der Waals surface area contributed by atoms with E-state index in [4.69, 9.17) is 0 Å². The number of rotatable bonds is 1. The summed E-state index contributed by atoms with van der Waals surface area (Å²) in [6, 6.07) is 0.330. The zero-order valence-electron chi connectivity index (χ0n) is 8.77. The van der Waals surface area contributed by atoms with Crippen LogP contribution in [0.4, 0.5) is 9.93 Å². The van der Waals surface area contributed by atoms with Gasteiger partial charge in [0, 0.05) is 24.2 Å². The van der Waals surface area contributed by atoms with Gasteiger partial charge in [-0.25, -0.2) is 9.78 Å². The Bertz CT molecular complexity index is 325. The Labute approximate surface area is 93.3 Å². The molecule has 1 aromatic rings. The highest BCUT2D eigenvalue weighted by atomic mass is 32.1. The van der Waals surface area contributed by atoms with Crippen LogP contribution < -0.4 is 5.32 Å². The summed E-state index contributed by atoms with van der Waals surface area (Å²) in [6.07, 6.45) is 5.13. The van der Waals surface area contributed by atoms with Crippen LogP contribution in [0.25, 0.3) is 0 Å². The molecule has 1 saturated heterocycles. The Morgan fingerprint density at radius 2 is 2.53 bits per heavy atom. The molecule has 0 aromatic carbocycles. The van der Waals surface area contributed by atoms with Gasteiger partial charge in [-0.1, -0.05) is 0 Å². The molecule has 2 heterocycles. The number of hydrogen-bond donors (Lipinski definition) is 1. The monoisotopic (exact) mass is 225 g/mol. The topological polar surface area (TPSA) is 45.2 Å². The maximum absolute atomic E-state index is 11.9. The Kier molecular flexibility index (Phi) is 3.20. The molecule has 82 valence electrons. The van der Waals surface area contributed by atoms with Crippen LogP contribution in [0, 0.1) is 0 Å². The third-order valence-electron chi connectivity index (χ3n) is 2.71. The average Bonchev–Trinajstić information content (AvgIpc) is 2.71. The van der Waals surface area contributed by atoms with E-state index in [-0.39, 0.29) is 6.03 Å². The predicted molar refractivity (Wildman–Crippen MR) is 61.2 cm³/mol. The number of urea groups is 1. The van der Waals surface area contributed by atoms with Crippen LogP contribution in [0.2, 0.25) is 0 Å². The summed E-state index contributed by atoms with van der Waals surface area (Å²) in [5.74, 6) is 0. The van der Waals surface area contributed by atoms with Gasteiger partial charge in [-0.2, -0.15) is 0 Å². The molecular formula is C10H15N3OS. The molecule has 2 amide bonds. The van der Waals surface area contributed by atoms with E-state index >= 15 is 0 Å². The molecule has 2 rings (SSSR count). The van der Waals surface area contributed by atoms with Crippen LogP contribution >= 0.6 is 11.3 Å². The second kappa shape index (κ2) is 4.61. The van der Waals surface area contributed by atoms with Crippen molar-refractivity contribution in [3.8, 4) is 0 Å². The fourth-order valence-electron chi connectivity index (χ4n) is 1.85. The molecule has 0 radical (unpaired) electrons. The number of piperidine rings is 1. The fourth-order valence-corrected chi connectivity index (χ4v) is 2.37. The lowest BCUT2D eigenvalue weighted by molar-refractivity contribution is 0.170. The number of amides is 2. The van der Waals surface area contributed by atoms with E-state index < -0.39 is 0 Å². The molecule has 15 heavy (non-hydrogen) atoms. The first-order chi connectivity index (χ1) is 7.27. The summed E-state index contributed by atoms with van der Waals surface area (Å²) >= 11 is 1.45. The predicted octanol–water partition coefficient (Wildman–Crippen LogP) is 2.55. The Morgan fingerprint density at radius 3 is 3.20 bits per heavy atom. The number of nitrogens with zero attached hydrogens (tertiary/aromatic N) is 2. The van der Waals surface area contributed by atoms with E-state index in [0.717, 1.165) is 19.4 Å². The molecule has 0 bridgehead atoms. The van der Waals surface area contributed by atoms with Crippen LogP contribution in [0.3, 0.4) is 0 Å². The Morgan fingerprint density at radius 1 is 1.67 bits per heavy atom. The molecule has 0 aliphatic carbocycles. The van der Waals surface area contributed by atoms with Gasteiger partial charge >= 0.3 is 6.03 Å². The van der Waals surface area contributed by atoms with Gasteiger partial charge in [0.1, 0.15) is 0 Å². The minimum atomic E-state index is -0.0165. The van der Waals surface area contributed by atoms with Crippen LogP contribution in [0.1, 0.15) is 26.2 Å². The number of carbonyl (C=O) groups is 1. The minimum Gasteiger partial charge on any atom is -0.322 e. The minimum absolute atomic E-state index is 0.0165. The standard InChI is InChI=1S/C10H15N3OS/c1-8-4-2-3-6-13(8)10(14)12-9-11-5-7-15-9/h5,7-8H,2-4,6H2,1H3,(H,11,12,14). The molecule has 1 fully saturated rings. The van der Waals surface area contributed by atoms with Gasteiger partial charge in [0.25, 0.3) is 0 Å². The largest absolute Gasteiger partial charge is 0.323 e. The number of likely N-dealkylation sites (tertiary alicyclic amines) is 1. The van der Waals surface area contributed by atoms with Crippen molar-refractivity contribution in [3.05, 3.63) is 11.6 Å². The molecule has 1 aromatic heterocycles. The fraction of sp³-hybridized carbons (Fsp3) is 0.600. The van der Waals surface area contributed by atoms with Crippen LogP contribution in [-0.4, -0.2) is 28.5 Å². The maximum Gasteiger partial charge on any atom is 0.323 e. The van der Waals surface area contributed by atoms with E-state index in [0.29, 0.717) is 11.2 Å². The average molecular weight is 225 g/mol. The number of anilines is 1. The summed E-state index contributed by atoms with van der Waals surface area (Å²) in [5.41, 5.74) is 0. The second-order valence-electron chi connectivity index (χ2n) is 3.81. The van der Waals surface area contributed by atoms with Crippen LogP contribution in [-0.2, 0) is 0 Å². The Balaban J connectivity index is 1.95. The molecule has 1 atom stereocenters. The van der Waals surface area contributed by atoms with Gasteiger partial charge in [-0.05, 0) is 26.2 Å². The first kappa shape index (κ1) is 10.4. The number of aromatic nitrogens is 1. The highest BCUT2D eigenvalue weighted by Gasteiger charge is 2.23. The van der Waals surface area contributed by atoms with Crippen molar-refractivity contribution in [1.29, 1.82) is 0 Å². The van der Waals surface area contributed by atoms with Crippen molar-refractivity contribution in [2.45, 2.75) is 32.2 Å². The third-order valence-corrected chi connectivity index (χ3v) is 3.40. The quantitative estimate of drug-likeness (QED) is 0.798. The van der Waals surface area contributed by atoms with E-state index in [1.807, 2.05) is 10.3 Å². The van der Waals surface area contributed by atoms with Gasteiger partial charge in [0.2, 0.25) is 0 Å².